The van der Waals surface area contributed by atoms with Crippen LogP contribution in [0.5, 0.6) is 5.75 Å². The molecule has 1 N–H and O–H groups in total. The molecule has 1 aromatic rings. The molecule has 2 atom stereocenters. The van der Waals surface area contributed by atoms with Crippen LogP contribution in [-0.4, -0.2) is 11.2 Å². The smallest absolute Gasteiger partial charge is 0.123 e. The van der Waals surface area contributed by atoms with E-state index in [0.717, 1.165) is 29.7 Å². The highest BCUT2D eigenvalue weighted by Gasteiger charge is 2.23. The maximum atomic E-state index is 9.72. The van der Waals surface area contributed by atoms with E-state index in [1.165, 1.54) is 0 Å². The van der Waals surface area contributed by atoms with Crippen LogP contribution >= 0.6 is 0 Å². The third-order valence-corrected chi connectivity index (χ3v) is 2.84. The first-order chi connectivity index (χ1) is 7.22. The van der Waals surface area contributed by atoms with Gasteiger partial charge in [-0.2, -0.15) is 0 Å². The zero-order valence-electron chi connectivity index (χ0n) is 8.94. The molecule has 1 aliphatic carbocycles. The van der Waals surface area contributed by atoms with E-state index in [2.05, 4.69) is 6.58 Å². The average molecular weight is 204 g/mol. The van der Waals surface area contributed by atoms with Gasteiger partial charge in [-0.1, -0.05) is 24.8 Å². The second-order valence-electron chi connectivity index (χ2n) is 3.94. The SMILES string of the molecule is C=CC(C)Oc1cccc2c1CCC2O. The summed E-state index contributed by atoms with van der Waals surface area (Å²) in [5.41, 5.74) is 2.17. The van der Waals surface area contributed by atoms with Crippen molar-refractivity contribution in [3.63, 3.8) is 0 Å². The minimum atomic E-state index is -0.317. The zero-order valence-corrected chi connectivity index (χ0v) is 8.94. The highest BCUT2D eigenvalue weighted by Crippen LogP contribution is 2.36. The average Bonchev–Trinajstić information content (AvgIpc) is 2.62. The summed E-state index contributed by atoms with van der Waals surface area (Å²) in [4.78, 5) is 0. The van der Waals surface area contributed by atoms with Crippen LogP contribution in [0.4, 0.5) is 0 Å². The van der Waals surface area contributed by atoms with E-state index in [9.17, 15) is 5.11 Å². The van der Waals surface area contributed by atoms with Crippen LogP contribution < -0.4 is 4.74 Å². The summed E-state index contributed by atoms with van der Waals surface area (Å²) in [5, 5.41) is 9.72. The molecule has 0 fully saturated rings. The fraction of sp³-hybridized carbons (Fsp3) is 0.385. The topological polar surface area (TPSA) is 29.5 Å². The van der Waals surface area contributed by atoms with Crippen LogP contribution in [0.25, 0.3) is 0 Å². The van der Waals surface area contributed by atoms with E-state index < -0.39 is 0 Å². The van der Waals surface area contributed by atoms with Gasteiger partial charge in [-0.15, -0.1) is 0 Å². The molecule has 0 aromatic heterocycles. The van der Waals surface area contributed by atoms with Crippen molar-refractivity contribution in [1.29, 1.82) is 0 Å². The Balaban J connectivity index is 2.30. The number of hydrogen-bond donors (Lipinski definition) is 1. The predicted octanol–water partition coefficient (Wildman–Crippen LogP) is 2.62. The third-order valence-electron chi connectivity index (χ3n) is 2.84. The summed E-state index contributed by atoms with van der Waals surface area (Å²) in [6, 6.07) is 5.85. The largest absolute Gasteiger partial charge is 0.486 e. The molecule has 80 valence electrons. The van der Waals surface area contributed by atoms with Gasteiger partial charge in [-0.05, 0) is 31.4 Å². The zero-order chi connectivity index (χ0) is 10.8. The number of aliphatic hydroxyl groups excluding tert-OH is 1. The molecule has 2 unspecified atom stereocenters. The number of aliphatic hydroxyl groups is 1. The van der Waals surface area contributed by atoms with Crippen molar-refractivity contribution < 1.29 is 9.84 Å². The Morgan fingerprint density at radius 1 is 1.60 bits per heavy atom. The molecule has 0 radical (unpaired) electrons. The summed E-state index contributed by atoms with van der Waals surface area (Å²) >= 11 is 0. The molecular weight excluding hydrogens is 188 g/mol. The molecule has 0 amide bonds. The molecule has 0 aliphatic heterocycles. The summed E-state index contributed by atoms with van der Waals surface area (Å²) in [6.45, 7) is 5.65. The Morgan fingerprint density at radius 3 is 3.13 bits per heavy atom. The molecule has 0 saturated carbocycles. The quantitative estimate of drug-likeness (QED) is 0.767. The maximum absolute atomic E-state index is 9.72. The molecule has 2 heteroatoms. The Morgan fingerprint density at radius 2 is 2.40 bits per heavy atom. The van der Waals surface area contributed by atoms with Crippen LogP contribution in [0.1, 0.15) is 30.6 Å². The minimum absolute atomic E-state index is 0.00856. The molecular formula is C13H16O2. The molecule has 1 aromatic carbocycles. The lowest BCUT2D eigenvalue weighted by Gasteiger charge is -2.14. The second kappa shape index (κ2) is 4.07. The number of benzene rings is 1. The predicted molar refractivity (Wildman–Crippen MR) is 60.0 cm³/mol. The second-order valence-corrected chi connectivity index (χ2v) is 3.94. The van der Waals surface area contributed by atoms with Crippen molar-refractivity contribution in [3.8, 4) is 5.75 Å². The molecule has 2 nitrogen and oxygen atoms in total. The van der Waals surface area contributed by atoms with Gasteiger partial charge in [0.25, 0.3) is 0 Å². The van der Waals surface area contributed by atoms with Crippen LogP contribution in [0.2, 0.25) is 0 Å². The highest BCUT2D eigenvalue weighted by molar-refractivity contribution is 5.44. The monoisotopic (exact) mass is 204 g/mol. The highest BCUT2D eigenvalue weighted by atomic mass is 16.5. The Labute approximate surface area is 90.2 Å². The van der Waals surface area contributed by atoms with Gasteiger partial charge < -0.3 is 9.84 Å². The first kappa shape index (κ1) is 10.2. The van der Waals surface area contributed by atoms with Gasteiger partial charge in [0.1, 0.15) is 11.9 Å². The van der Waals surface area contributed by atoms with Gasteiger partial charge in [0, 0.05) is 5.56 Å². The standard InChI is InChI=1S/C13H16O2/c1-3-9(2)15-13-6-4-5-10-11(13)7-8-12(10)14/h3-6,9,12,14H,1,7-8H2,2H3. The summed E-state index contributed by atoms with van der Waals surface area (Å²) in [7, 11) is 0. The first-order valence-electron chi connectivity index (χ1n) is 5.31. The van der Waals surface area contributed by atoms with Gasteiger partial charge >= 0.3 is 0 Å². The van der Waals surface area contributed by atoms with E-state index >= 15 is 0 Å². The molecule has 15 heavy (non-hydrogen) atoms. The Hall–Kier alpha value is -1.28. The molecule has 2 rings (SSSR count). The van der Waals surface area contributed by atoms with Gasteiger partial charge in [0.15, 0.2) is 0 Å². The van der Waals surface area contributed by atoms with E-state index in [-0.39, 0.29) is 12.2 Å². The van der Waals surface area contributed by atoms with Crippen LogP contribution in [-0.2, 0) is 6.42 Å². The van der Waals surface area contributed by atoms with Crippen molar-refractivity contribution in [2.24, 2.45) is 0 Å². The number of hydrogen-bond acceptors (Lipinski definition) is 2. The van der Waals surface area contributed by atoms with Crippen molar-refractivity contribution >= 4 is 0 Å². The van der Waals surface area contributed by atoms with E-state index in [4.69, 9.17) is 4.74 Å². The fourth-order valence-electron chi connectivity index (χ4n) is 1.96. The lowest BCUT2D eigenvalue weighted by atomic mass is 10.1. The van der Waals surface area contributed by atoms with Crippen molar-refractivity contribution in [1.82, 2.24) is 0 Å². The normalized spacial score (nSPS) is 20.8. The lowest BCUT2D eigenvalue weighted by Crippen LogP contribution is -2.08. The van der Waals surface area contributed by atoms with E-state index in [1.54, 1.807) is 6.08 Å². The Bertz CT molecular complexity index is 371. The molecule has 0 bridgehead atoms. The fourth-order valence-corrected chi connectivity index (χ4v) is 1.96. The van der Waals surface area contributed by atoms with Crippen LogP contribution in [0, 0.1) is 0 Å². The lowest BCUT2D eigenvalue weighted by molar-refractivity contribution is 0.180. The van der Waals surface area contributed by atoms with Crippen molar-refractivity contribution in [2.75, 3.05) is 0 Å². The molecule has 0 heterocycles. The van der Waals surface area contributed by atoms with Gasteiger partial charge in [-0.25, -0.2) is 0 Å². The minimum Gasteiger partial charge on any atom is -0.486 e. The Kier molecular flexibility index (Phi) is 2.78. The van der Waals surface area contributed by atoms with Crippen LogP contribution in [0.15, 0.2) is 30.9 Å². The summed E-state index contributed by atoms with van der Waals surface area (Å²) in [5.74, 6) is 0.886. The van der Waals surface area contributed by atoms with Crippen molar-refractivity contribution in [2.45, 2.75) is 32.0 Å². The third kappa shape index (κ3) is 1.90. The van der Waals surface area contributed by atoms with Crippen LogP contribution in [0.3, 0.4) is 0 Å². The summed E-state index contributed by atoms with van der Waals surface area (Å²) in [6.07, 6.45) is 3.16. The van der Waals surface area contributed by atoms with Crippen molar-refractivity contribution in [3.05, 3.63) is 42.0 Å². The first-order valence-corrected chi connectivity index (χ1v) is 5.31. The van der Waals surface area contributed by atoms with Gasteiger partial charge in [0.2, 0.25) is 0 Å². The molecule has 1 aliphatic rings. The number of ether oxygens (including phenoxy) is 1. The maximum Gasteiger partial charge on any atom is 0.123 e. The van der Waals surface area contributed by atoms with Gasteiger partial charge in [0.05, 0.1) is 6.10 Å². The van der Waals surface area contributed by atoms with E-state index in [1.807, 2.05) is 25.1 Å². The number of fused-ring (bicyclic) bond motifs is 1. The molecule has 0 spiro atoms. The summed E-state index contributed by atoms with van der Waals surface area (Å²) < 4.78 is 5.73. The van der Waals surface area contributed by atoms with E-state index in [0.29, 0.717) is 0 Å². The molecule has 0 saturated heterocycles. The van der Waals surface area contributed by atoms with Gasteiger partial charge in [-0.3, -0.25) is 0 Å². The number of rotatable bonds is 3.